The molecule has 1 unspecified atom stereocenters. The van der Waals surface area contributed by atoms with Gasteiger partial charge in [-0.25, -0.2) is 0 Å². The Hall–Kier alpha value is -1.31. The molecule has 1 aromatic rings. The minimum atomic E-state index is 0.294. The van der Waals surface area contributed by atoms with Gasteiger partial charge >= 0.3 is 0 Å². The molecule has 1 aromatic heterocycles. The highest BCUT2D eigenvalue weighted by molar-refractivity contribution is 4.98. The van der Waals surface area contributed by atoms with Gasteiger partial charge in [-0.15, -0.1) is 0 Å². The lowest BCUT2D eigenvalue weighted by Gasteiger charge is -2.21. The van der Waals surface area contributed by atoms with Crippen LogP contribution in [0.5, 0.6) is 0 Å². The second-order valence-electron chi connectivity index (χ2n) is 4.18. The fourth-order valence-corrected chi connectivity index (χ4v) is 2.09. The van der Waals surface area contributed by atoms with Crippen molar-refractivity contribution in [1.82, 2.24) is 10.2 Å². The molecule has 4 nitrogen and oxygen atoms in total. The molecule has 1 aliphatic rings. The van der Waals surface area contributed by atoms with Crippen LogP contribution in [0.15, 0.2) is 22.8 Å². The molecule has 1 atom stereocenters. The van der Waals surface area contributed by atoms with Crippen LogP contribution in [0.4, 0.5) is 0 Å². The van der Waals surface area contributed by atoms with Crippen LogP contribution >= 0.6 is 0 Å². The van der Waals surface area contributed by atoms with E-state index in [1.165, 1.54) is 0 Å². The lowest BCUT2D eigenvalue weighted by atomic mass is 10.2. The summed E-state index contributed by atoms with van der Waals surface area (Å²) in [5.74, 6) is 0.998. The minimum Gasteiger partial charge on any atom is -0.468 e. The smallest absolute Gasteiger partial charge is 0.117 e. The fourth-order valence-electron chi connectivity index (χ4n) is 2.09. The van der Waals surface area contributed by atoms with Crippen molar-refractivity contribution < 1.29 is 4.42 Å². The van der Waals surface area contributed by atoms with E-state index < -0.39 is 0 Å². The second kappa shape index (κ2) is 5.69. The molecule has 4 heteroatoms. The van der Waals surface area contributed by atoms with Crippen LogP contribution in [0.3, 0.4) is 0 Å². The SMILES string of the molecule is N#CCC1CN(Cc2ccco2)CCCN1. The molecule has 0 bridgehead atoms. The van der Waals surface area contributed by atoms with E-state index in [4.69, 9.17) is 9.68 Å². The molecule has 0 spiro atoms. The first-order valence-electron chi connectivity index (χ1n) is 5.73. The first-order valence-corrected chi connectivity index (χ1v) is 5.73. The van der Waals surface area contributed by atoms with Gasteiger partial charge in [0.15, 0.2) is 0 Å². The topological polar surface area (TPSA) is 52.2 Å². The van der Waals surface area contributed by atoms with Gasteiger partial charge < -0.3 is 9.73 Å². The molecule has 1 fully saturated rings. The number of hydrogen-bond acceptors (Lipinski definition) is 4. The van der Waals surface area contributed by atoms with E-state index in [0.29, 0.717) is 12.5 Å². The van der Waals surface area contributed by atoms with E-state index in [9.17, 15) is 0 Å². The van der Waals surface area contributed by atoms with Gasteiger partial charge in [-0.3, -0.25) is 4.90 Å². The third kappa shape index (κ3) is 3.09. The lowest BCUT2D eigenvalue weighted by Crippen LogP contribution is -2.37. The molecule has 1 saturated heterocycles. The third-order valence-electron chi connectivity index (χ3n) is 2.86. The van der Waals surface area contributed by atoms with Gasteiger partial charge in [0.2, 0.25) is 0 Å². The van der Waals surface area contributed by atoms with Crippen molar-refractivity contribution in [3.05, 3.63) is 24.2 Å². The molecule has 0 amide bonds. The van der Waals surface area contributed by atoms with Crippen LogP contribution in [0.25, 0.3) is 0 Å². The van der Waals surface area contributed by atoms with Crippen molar-refractivity contribution in [3.8, 4) is 6.07 Å². The average Bonchev–Trinajstić information content (AvgIpc) is 2.67. The molecule has 0 saturated carbocycles. The van der Waals surface area contributed by atoms with E-state index in [2.05, 4.69) is 16.3 Å². The number of nitrogens with one attached hydrogen (secondary N) is 1. The Morgan fingerprint density at radius 3 is 3.31 bits per heavy atom. The molecule has 2 rings (SSSR count). The van der Waals surface area contributed by atoms with E-state index >= 15 is 0 Å². The molecule has 1 aliphatic heterocycles. The van der Waals surface area contributed by atoms with Crippen LogP contribution in [0.1, 0.15) is 18.6 Å². The maximum Gasteiger partial charge on any atom is 0.117 e. The predicted molar refractivity (Wildman–Crippen MR) is 60.6 cm³/mol. The highest BCUT2D eigenvalue weighted by Gasteiger charge is 2.17. The summed E-state index contributed by atoms with van der Waals surface area (Å²) < 4.78 is 5.35. The largest absolute Gasteiger partial charge is 0.468 e. The van der Waals surface area contributed by atoms with Crippen molar-refractivity contribution in [2.45, 2.75) is 25.4 Å². The normalized spacial score (nSPS) is 22.6. The van der Waals surface area contributed by atoms with E-state index in [0.717, 1.165) is 38.4 Å². The Morgan fingerprint density at radius 1 is 1.62 bits per heavy atom. The summed E-state index contributed by atoms with van der Waals surface area (Å²) in [6.07, 6.45) is 3.41. The monoisotopic (exact) mass is 219 g/mol. The van der Waals surface area contributed by atoms with Crippen molar-refractivity contribution in [2.75, 3.05) is 19.6 Å². The van der Waals surface area contributed by atoms with Gasteiger partial charge in [-0.05, 0) is 31.6 Å². The van der Waals surface area contributed by atoms with Gasteiger partial charge in [0.05, 0.1) is 25.3 Å². The summed E-state index contributed by atoms with van der Waals surface area (Å²) in [5, 5.41) is 12.1. The van der Waals surface area contributed by atoms with Gasteiger partial charge in [0, 0.05) is 12.6 Å². The van der Waals surface area contributed by atoms with Crippen molar-refractivity contribution in [2.24, 2.45) is 0 Å². The number of nitrogens with zero attached hydrogens (tertiary/aromatic N) is 2. The van der Waals surface area contributed by atoms with Crippen LogP contribution in [-0.2, 0) is 6.54 Å². The summed E-state index contributed by atoms with van der Waals surface area (Å²) in [5.41, 5.74) is 0. The maximum absolute atomic E-state index is 8.73. The van der Waals surface area contributed by atoms with Crippen molar-refractivity contribution >= 4 is 0 Å². The van der Waals surface area contributed by atoms with Gasteiger partial charge in [-0.1, -0.05) is 0 Å². The molecule has 16 heavy (non-hydrogen) atoms. The first-order chi connectivity index (χ1) is 7.88. The summed E-state index contributed by atoms with van der Waals surface area (Å²) in [7, 11) is 0. The zero-order valence-corrected chi connectivity index (χ0v) is 9.35. The van der Waals surface area contributed by atoms with Gasteiger partial charge in [0.1, 0.15) is 5.76 Å². The quantitative estimate of drug-likeness (QED) is 0.834. The van der Waals surface area contributed by atoms with Crippen LogP contribution < -0.4 is 5.32 Å². The predicted octanol–water partition coefficient (Wildman–Crippen LogP) is 1.36. The summed E-state index contributed by atoms with van der Waals surface area (Å²) >= 11 is 0. The molecule has 0 radical (unpaired) electrons. The van der Waals surface area contributed by atoms with Crippen molar-refractivity contribution in [3.63, 3.8) is 0 Å². The van der Waals surface area contributed by atoms with E-state index in [1.54, 1.807) is 6.26 Å². The lowest BCUT2D eigenvalue weighted by molar-refractivity contribution is 0.240. The summed E-state index contributed by atoms with van der Waals surface area (Å²) in [6.45, 7) is 3.83. The molecular weight excluding hydrogens is 202 g/mol. The Bertz CT molecular complexity index is 342. The highest BCUT2D eigenvalue weighted by atomic mass is 16.3. The molecule has 2 heterocycles. The summed E-state index contributed by atoms with van der Waals surface area (Å²) in [6, 6.07) is 6.44. The second-order valence-corrected chi connectivity index (χ2v) is 4.18. The zero-order chi connectivity index (χ0) is 11.2. The fraction of sp³-hybridized carbons (Fsp3) is 0.583. The van der Waals surface area contributed by atoms with E-state index in [1.807, 2.05) is 12.1 Å². The maximum atomic E-state index is 8.73. The molecule has 0 aromatic carbocycles. The van der Waals surface area contributed by atoms with Crippen LogP contribution in [0.2, 0.25) is 0 Å². The summed E-state index contributed by atoms with van der Waals surface area (Å²) in [4.78, 5) is 2.35. The number of rotatable bonds is 3. The standard InChI is InChI=1S/C12H17N3O/c13-5-4-11-9-15(7-2-6-14-11)10-12-3-1-8-16-12/h1,3,8,11,14H,2,4,6-7,9-10H2. The van der Waals surface area contributed by atoms with Crippen molar-refractivity contribution in [1.29, 1.82) is 5.26 Å². The van der Waals surface area contributed by atoms with Crippen LogP contribution in [0, 0.1) is 11.3 Å². The zero-order valence-electron chi connectivity index (χ0n) is 9.35. The number of furan rings is 1. The number of hydrogen-bond donors (Lipinski definition) is 1. The Morgan fingerprint density at radius 2 is 2.56 bits per heavy atom. The number of nitriles is 1. The van der Waals surface area contributed by atoms with Crippen LogP contribution in [-0.4, -0.2) is 30.6 Å². The first kappa shape index (κ1) is 11.2. The van der Waals surface area contributed by atoms with Gasteiger partial charge in [-0.2, -0.15) is 5.26 Å². The molecule has 86 valence electrons. The Balaban J connectivity index is 1.90. The van der Waals surface area contributed by atoms with Gasteiger partial charge in [0.25, 0.3) is 0 Å². The van der Waals surface area contributed by atoms with E-state index in [-0.39, 0.29) is 0 Å². The molecule has 0 aliphatic carbocycles. The molecule has 1 N–H and O–H groups in total. The minimum absolute atomic E-state index is 0.294. The Kier molecular flexibility index (Phi) is 3.97. The Labute approximate surface area is 95.8 Å². The average molecular weight is 219 g/mol. The highest BCUT2D eigenvalue weighted by Crippen LogP contribution is 2.09. The molecular formula is C12H17N3O. The third-order valence-corrected chi connectivity index (χ3v) is 2.86.